The van der Waals surface area contributed by atoms with Crippen molar-refractivity contribution < 1.29 is 5.21 Å². The summed E-state index contributed by atoms with van der Waals surface area (Å²) in [5.74, 6) is 6.13. The molecular formula is C20H17N3O. The van der Waals surface area contributed by atoms with E-state index in [1.807, 2.05) is 24.3 Å². The smallest absolute Gasteiger partial charge is 0.113 e. The summed E-state index contributed by atoms with van der Waals surface area (Å²) in [5.41, 5.74) is 2.37. The number of anilines is 1. The van der Waals surface area contributed by atoms with E-state index < -0.39 is 0 Å². The van der Waals surface area contributed by atoms with Gasteiger partial charge in [-0.05, 0) is 29.5 Å². The molecule has 0 fully saturated rings. The van der Waals surface area contributed by atoms with Crippen LogP contribution in [0.3, 0.4) is 0 Å². The highest BCUT2D eigenvalue weighted by molar-refractivity contribution is 5.93. The number of rotatable bonds is 4. The van der Waals surface area contributed by atoms with Gasteiger partial charge in [-0.1, -0.05) is 53.5 Å². The van der Waals surface area contributed by atoms with Crippen LogP contribution < -0.4 is 5.32 Å². The van der Waals surface area contributed by atoms with Gasteiger partial charge in [0.15, 0.2) is 0 Å². The number of benzene rings is 2. The van der Waals surface area contributed by atoms with Crippen molar-refractivity contribution in [2.75, 3.05) is 11.9 Å². The lowest BCUT2D eigenvalue weighted by molar-refractivity contribution is 0.321. The van der Waals surface area contributed by atoms with Crippen LogP contribution in [-0.4, -0.2) is 23.0 Å². The second-order valence-electron chi connectivity index (χ2n) is 5.20. The Hall–Kier alpha value is -3.32. The lowest BCUT2D eigenvalue weighted by Gasteiger charge is -2.08. The van der Waals surface area contributed by atoms with Gasteiger partial charge in [0.25, 0.3) is 0 Å². The monoisotopic (exact) mass is 315 g/mol. The molecule has 4 nitrogen and oxygen atoms in total. The summed E-state index contributed by atoms with van der Waals surface area (Å²) in [6.07, 6.45) is 2.00. The van der Waals surface area contributed by atoms with Crippen LogP contribution in [0.25, 0.3) is 10.8 Å². The van der Waals surface area contributed by atoms with Crippen molar-refractivity contribution in [2.24, 2.45) is 5.16 Å². The first-order valence-corrected chi connectivity index (χ1v) is 7.72. The van der Waals surface area contributed by atoms with Gasteiger partial charge in [0, 0.05) is 24.0 Å². The highest BCUT2D eigenvalue weighted by Gasteiger charge is 1.98. The molecule has 0 aliphatic carbocycles. The van der Waals surface area contributed by atoms with E-state index in [1.54, 1.807) is 6.07 Å². The number of pyridine rings is 1. The van der Waals surface area contributed by atoms with Gasteiger partial charge in [0.1, 0.15) is 5.69 Å². The first-order chi connectivity index (χ1) is 11.9. The lowest BCUT2D eigenvalue weighted by Crippen LogP contribution is -2.00. The average molecular weight is 315 g/mol. The standard InChI is InChI=1S/C20H17N3O/c24-22-15-18-11-6-10-17(23-18)9-3-4-14-21-20-13-5-8-16-7-1-2-12-19(16)20/h1-2,5-8,10-13,15,21,24H,4,14H2. The summed E-state index contributed by atoms with van der Waals surface area (Å²) in [5, 5.41) is 17.4. The van der Waals surface area contributed by atoms with Crippen molar-refractivity contribution in [1.82, 2.24) is 4.98 Å². The molecule has 3 aromatic rings. The van der Waals surface area contributed by atoms with E-state index in [9.17, 15) is 0 Å². The predicted molar refractivity (Wildman–Crippen MR) is 97.6 cm³/mol. The maximum absolute atomic E-state index is 8.53. The van der Waals surface area contributed by atoms with Crippen molar-refractivity contribution >= 4 is 22.7 Å². The number of oxime groups is 1. The van der Waals surface area contributed by atoms with Crippen LogP contribution >= 0.6 is 0 Å². The Morgan fingerprint density at radius 1 is 1.04 bits per heavy atom. The molecule has 0 aliphatic rings. The minimum absolute atomic E-state index is 0.582. The Labute approximate surface area is 140 Å². The van der Waals surface area contributed by atoms with Crippen LogP contribution in [0, 0.1) is 11.8 Å². The third-order valence-corrected chi connectivity index (χ3v) is 3.53. The largest absolute Gasteiger partial charge is 0.411 e. The van der Waals surface area contributed by atoms with Crippen LogP contribution in [0.5, 0.6) is 0 Å². The molecule has 2 N–H and O–H groups in total. The molecule has 0 aliphatic heterocycles. The molecule has 24 heavy (non-hydrogen) atoms. The number of nitrogens with zero attached hydrogens (tertiary/aromatic N) is 2. The molecule has 4 heteroatoms. The Morgan fingerprint density at radius 3 is 2.79 bits per heavy atom. The number of hydrogen-bond donors (Lipinski definition) is 2. The summed E-state index contributed by atoms with van der Waals surface area (Å²) in [6, 6.07) is 20.0. The van der Waals surface area contributed by atoms with Gasteiger partial charge in [-0.3, -0.25) is 0 Å². The van der Waals surface area contributed by atoms with Gasteiger partial charge >= 0.3 is 0 Å². The number of aromatic nitrogens is 1. The second-order valence-corrected chi connectivity index (χ2v) is 5.20. The van der Waals surface area contributed by atoms with E-state index in [-0.39, 0.29) is 0 Å². The lowest BCUT2D eigenvalue weighted by atomic mass is 10.1. The highest BCUT2D eigenvalue weighted by atomic mass is 16.4. The SMILES string of the molecule is ON=Cc1cccc(C#CCCNc2cccc3ccccc23)n1. The topological polar surface area (TPSA) is 57.5 Å². The summed E-state index contributed by atoms with van der Waals surface area (Å²) >= 11 is 0. The Kier molecular flexibility index (Phi) is 5.06. The van der Waals surface area contributed by atoms with E-state index in [0.717, 1.165) is 12.2 Å². The van der Waals surface area contributed by atoms with Crippen molar-refractivity contribution in [3.8, 4) is 11.8 Å². The number of hydrogen-bond acceptors (Lipinski definition) is 4. The molecule has 0 bridgehead atoms. The number of fused-ring (bicyclic) bond motifs is 1. The van der Waals surface area contributed by atoms with E-state index in [2.05, 4.69) is 57.6 Å². The molecule has 0 unspecified atom stereocenters. The van der Waals surface area contributed by atoms with Gasteiger partial charge in [-0.15, -0.1) is 0 Å². The van der Waals surface area contributed by atoms with Gasteiger partial charge in [0.2, 0.25) is 0 Å². The van der Waals surface area contributed by atoms with Gasteiger partial charge in [-0.2, -0.15) is 0 Å². The third-order valence-electron chi connectivity index (χ3n) is 3.53. The molecule has 2 aromatic carbocycles. The minimum atomic E-state index is 0.582. The van der Waals surface area contributed by atoms with Crippen molar-refractivity contribution in [3.63, 3.8) is 0 Å². The molecule has 1 aromatic heterocycles. The van der Waals surface area contributed by atoms with E-state index in [0.29, 0.717) is 17.8 Å². The third kappa shape index (κ3) is 3.90. The molecule has 0 amide bonds. The van der Waals surface area contributed by atoms with E-state index in [1.165, 1.54) is 17.0 Å². The van der Waals surface area contributed by atoms with Crippen LogP contribution in [0.15, 0.2) is 65.8 Å². The first-order valence-electron chi connectivity index (χ1n) is 7.72. The number of nitrogens with one attached hydrogen (secondary N) is 1. The Bertz CT molecular complexity index is 917. The molecule has 0 saturated heterocycles. The molecule has 1 heterocycles. The zero-order chi connectivity index (χ0) is 16.6. The molecule has 3 rings (SSSR count). The molecule has 0 spiro atoms. The van der Waals surface area contributed by atoms with Crippen LogP contribution in [0.2, 0.25) is 0 Å². The normalized spacial score (nSPS) is 10.5. The molecule has 0 saturated carbocycles. The van der Waals surface area contributed by atoms with Gasteiger partial charge in [0.05, 0.1) is 11.9 Å². The van der Waals surface area contributed by atoms with Crippen LogP contribution in [-0.2, 0) is 0 Å². The zero-order valence-corrected chi connectivity index (χ0v) is 13.1. The van der Waals surface area contributed by atoms with Crippen LogP contribution in [0.1, 0.15) is 17.8 Å². The van der Waals surface area contributed by atoms with Gasteiger partial charge < -0.3 is 10.5 Å². The minimum Gasteiger partial charge on any atom is -0.411 e. The quantitative estimate of drug-likeness (QED) is 0.252. The fraction of sp³-hybridized carbons (Fsp3) is 0.100. The summed E-state index contributed by atoms with van der Waals surface area (Å²) in [6.45, 7) is 0.763. The maximum atomic E-state index is 8.53. The molecule has 0 atom stereocenters. The Balaban J connectivity index is 1.60. The Morgan fingerprint density at radius 2 is 1.88 bits per heavy atom. The summed E-state index contributed by atoms with van der Waals surface area (Å²) < 4.78 is 0. The first kappa shape index (κ1) is 15.6. The molecule has 0 radical (unpaired) electrons. The van der Waals surface area contributed by atoms with Crippen molar-refractivity contribution in [1.29, 1.82) is 0 Å². The van der Waals surface area contributed by atoms with Crippen LogP contribution in [0.4, 0.5) is 5.69 Å². The average Bonchev–Trinajstić information content (AvgIpc) is 2.62. The predicted octanol–water partition coefficient (Wildman–Crippen LogP) is 3.90. The fourth-order valence-electron chi connectivity index (χ4n) is 2.44. The van der Waals surface area contributed by atoms with Gasteiger partial charge in [-0.25, -0.2) is 4.98 Å². The zero-order valence-electron chi connectivity index (χ0n) is 13.1. The summed E-state index contributed by atoms with van der Waals surface area (Å²) in [7, 11) is 0. The fourth-order valence-corrected chi connectivity index (χ4v) is 2.44. The van der Waals surface area contributed by atoms with Crippen molar-refractivity contribution in [3.05, 3.63) is 72.1 Å². The van der Waals surface area contributed by atoms with E-state index in [4.69, 9.17) is 5.21 Å². The molecule has 118 valence electrons. The van der Waals surface area contributed by atoms with E-state index >= 15 is 0 Å². The summed E-state index contributed by atoms with van der Waals surface area (Å²) in [4.78, 5) is 4.26. The second kappa shape index (κ2) is 7.80. The molecular weight excluding hydrogens is 298 g/mol. The highest BCUT2D eigenvalue weighted by Crippen LogP contribution is 2.22. The van der Waals surface area contributed by atoms with Crippen molar-refractivity contribution in [2.45, 2.75) is 6.42 Å². The maximum Gasteiger partial charge on any atom is 0.113 e.